The standard InChI is InChI=1S/C7H17NO10P4/c1-3-5-19(9,21(11,12)13)17-7(8)18-20(10,6-4-2)22(14,15)16/h3-4,7H,1-2,5-6,8H2,(H2,11,12,13)(H2,14,15,16). The Morgan fingerprint density at radius 1 is 0.864 bits per heavy atom. The predicted molar refractivity (Wildman–Crippen MR) is 79.6 cm³/mol. The summed E-state index contributed by atoms with van der Waals surface area (Å²) in [5, 5.41) is 0. The Morgan fingerprint density at radius 3 is 1.32 bits per heavy atom. The van der Waals surface area contributed by atoms with Crippen molar-refractivity contribution in [3.8, 4) is 0 Å². The number of hydrogen-bond acceptors (Lipinski definition) is 7. The summed E-state index contributed by atoms with van der Waals surface area (Å²) < 4.78 is 55.2. The molecule has 0 bridgehead atoms. The Kier molecular flexibility index (Phi) is 7.84. The van der Waals surface area contributed by atoms with Gasteiger partial charge in [0.2, 0.25) is 6.41 Å². The molecular formula is C7H17NO10P4. The van der Waals surface area contributed by atoms with Crippen LogP contribution in [0.3, 0.4) is 0 Å². The molecule has 0 aromatic heterocycles. The molecule has 0 amide bonds. The second-order valence-corrected chi connectivity index (χ2v) is 16.4. The monoisotopic (exact) mass is 399 g/mol. The molecule has 130 valence electrons. The summed E-state index contributed by atoms with van der Waals surface area (Å²) in [4.78, 5) is 36.0. The average molecular weight is 399 g/mol. The first kappa shape index (κ1) is 22.1. The van der Waals surface area contributed by atoms with Crippen LogP contribution in [0.1, 0.15) is 0 Å². The molecule has 0 rings (SSSR count). The van der Waals surface area contributed by atoms with E-state index < -0.39 is 47.4 Å². The molecule has 0 heterocycles. The minimum Gasteiger partial charge on any atom is -0.318 e. The molecule has 0 saturated carbocycles. The molecular weight excluding hydrogens is 382 g/mol. The van der Waals surface area contributed by atoms with Gasteiger partial charge in [-0.25, -0.2) is 9.13 Å². The van der Waals surface area contributed by atoms with Crippen LogP contribution in [0.25, 0.3) is 0 Å². The van der Waals surface area contributed by atoms with Crippen molar-refractivity contribution in [2.45, 2.75) is 6.41 Å². The number of hydrogen-bond donors (Lipinski definition) is 5. The summed E-state index contributed by atoms with van der Waals surface area (Å²) in [6, 6.07) is 0. The molecule has 15 heteroatoms. The van der Waals surface area contributed by atoms with Gasteiger partial charge in [0.05, 0.1) is 12.3 Å². The van der Waals surface area contributed by atoms with E-state index in [1.165, 1.54) is 0 Å². The SMILES string of the molecule is C=CCP(=O)(OC(N)OP(=O)(CC=C)P(=O)(O)O)P(=O)(O)O. The van der Waals surface area contributed by atoms with Gasteiger partial charge in [0.15, 0.2) is 0 Å². The Labute approximate surface area is 126 Å². The third-order valence-electron chi connectivity index (χ3n) is 2.05. The molecule has 0 radical (unpaired) electrons. The molecule has 0 saturated heterocycles. The fraction of sp³-hybridized carbons (Fsp3) is 0.429. The smallest absolute Gasteiger partial charge is 0.318 e. The Bertz CT molecular complexity index is 552. The summed E-state index contributed by atoms with van der Waals surface area (Å²) in [6.45, 7) is 6.28. The molecule has 0 spiro atoms. The second kappa shape index (κ2) is 7.79. The van der Waals surface area contributed by atoms with E-state index >= 15 is 0 Å². The van der Waals surface area contributed by atoms with Gasteiger partial charge in [0.1, 0.15) is 0 Å². The van der Waals surface area contributed by atoms with Gasteiger partial charge >= 0.3 is 28.7 Å². The lowest BCUT2D eigenvalue weighted by Gasteiger charge is -2.25. The zero-order valence-corrected chi connectivity index (χ0v) is 14.7. The zero-order valence-electron chi connectivity index (χ0n) is 11.2. The molecule has 22 heavy (non-hydrogen) atoms. The summed E-state index contributed by atoms with van der Waals surface area (Å²) in [6.07, 6.45) is -2.10. The van der Waals surface area contributed by atoms with Crippen molar-refractivity contribution in [1.82, 2.24) is 0 Å². The van der Waals surface area contributed by atoms with Crippen molar-refractivity contribution in [1.29, 1.82) is 0 Å². The third-order valence-corrected chi connectivity index (χ3v) is 12.5. The van der Waals surface area contributed by atoms with E-state index in [1.807, 2.05) is 0 Å². The summed E-state index contributed by atoms with van der Waals surface area (Å²) >= 11 is 0. The first-order chi connectivity index (χ1) is 9.72. The van der Waals surface area contributed by atoms with Crippen LogP contribution in [0.15, 0.2) is 25.3 Å². The Morgan fingerprint density at radius 2 is 1.14 bits per heavy atom. The van der Waals surface area contributed by atoms with E-state index in [0.717, 1.165) is 12.2 Å². The molecule has 0 aliphatic rings. The highest BCUT2D eigenvalue weighted by molar-refractivity contribution is 8.29. The van der Waals surface area contributed by atoms with Gasteiger partial charge in [0, 0.05) is 0 Å². The minimum absolute atomic E-state index is 0.782. The van der Waals surface area contributed by atoms with E-state index in [4.69, 9.17) is 25.3 Å². The molecule has 0 aliphatic carbocycles. The molecule has 0 fully saturated rings. The Hall–Kier alpha value is 0.120. The van der Waals surface area contributed by atoms with Crippen molar-refractivity contribution < 1.29 is 46.9 Å². The highest BCUT2D eigenvalue weighted by Gasteiger charge is 2.48. The van der Waals surface area contributed by atoms with E-state index in [0.29, 0.717) is 0 Å². The van der Waals surface area contributed by atoms with Gasteiger partial charge < -0.3 is 19.6 Å². The maximum absolute atomic E-state index is 12.0. The fourth-order valence-electron chi connectivity index (χ4n) is 1.09. The number of allylic oxidation sites excluding steroid dienone is 2. The molecule has 6 N–H and O–H groups in total. The lowest BCUT2D eigenvalue weighted by atomic mass is 10.8. The number of rotatable bonds is 10. The van der Waals surface area contributed by atoms with Gasteiger partial charge in [-0.15, -0.1) is 13.2 Å². The lowest BCUT2D eigenvalue weighted by molar-refractivity contribution is 0.0207. The van der Waals surface area contributed by atoms with Gasteiger partial charge in [-0.2, -0.15) is 0 Å². The maximum Gasteiger partial charge on any atom is 0.407 e. The van der Waals surface area contributed by atoms with E-state index in [9.17, 15) is 18.3 Å². The zero-order chi connectivity index (χ0) is 17.8. The maximum atomic E-state index is 12.0. The van der Waals surface area contributed by atoms with Crippen molar-refractivity contribution in [3.05, 3.63) is 25.3 Å². The Balaban J connectivity index is 5.40. The second-order valence-electron chi connectivity index (χ2n) is 3.82. The first-order valence-electron chi connectivity index (χ1n) is 5.37. The van der Waals surface area contributed by atoms with Crippen LogP contribution in [0.2, 0.25) is 0 Å². The van der Waals surface area contributed by atoms with Gasteiger partial charge in [-0.3, -0.25) is 23.9 Å². The minimum atomic E-state index is -5.28. The lowest BCUT2D eigenvalue weighted by Crippen LogP contribution is -2.26. The van der Waals surface area contributed by atoms with Crippen LogP contribution in [-0.4, -0.2) is 38.3 Å². The quantitative estimate of drug-likeness (QED) is 0.202. The highest BCUT2D eigenvalue weighted by atomic mass is 32.1. The largest absolute Gasteiger partial charge is 0.407 e. The molecule has 11 nitrogen and oxygen atoms in total. The van der Waals surface area contributed by atoms with Crippen molar-refractivity contribution in [2.24, 2.45) is 5.73 Å². The van der Waals surface area contributed by atoms with Gasteiger partial charge in [-0.1, -0.05) is 12.2 Å². The first-order valence-corrected chi connectivity index (χ1v) is 13.6. The van der Waals surface area contributed by atoms with Crippen LogP contribution in [0.5, 0.6) is 0 Å². The summed E-state index contributed by atoms with van der Waals surface area (Å²) in [7, 11) is -20.0. The van der Waals surface area contributed by atoms with Crippen LogP contribution >= 0.6 is 28.7 Å². The average Bonchev–Trinajstić information content (AvgIpc) is 2.25. The third kappa shape index (κ3) is 5.64. The fourth-order valence-corrected chi connectivity index (χ4v) is 6.65. The van der Waals surface area contributed by atoms with Gasteiger partial charge in [-0.05, 0) is 0 Å². The topological polar surface area (TPSA) is 194 Å². The van der Waals surface area contributed by atoms with Crippen LogP contribution in [0.4, 0.5) is 0 Å². The van der Waals surface area contributed by atoms with E-state index in [1.54, 1.807) is 0 Å². The summed E-state index contributed by atoms with van der Waals surface area (Å²) in [5.41, 5.74) is 5.16. The molecule has 2 atom stereocenters. The summed E-state index contributed by atoms with van der Waals surface area (Å²) in [5.74, 6) is 0. The molecule has 0 aliphatic heterocycles. The van der Waals surface area contributed by atoms with Crippen molar-refractivity contribution >= 4 is 28.7 Å². The van der Waals surface area contributed by atoms with E-state index in [-0.39, 0.29) is 0 Å². The van der Waals surface area contributed by atoms with Crippen LogP contribution < -0.4 is 5.73 Å². The number of nitrogens with two attached hydrogens (primary N) is 1. The normalized spacial score (nSPS) is 19.7. The van der Waals surface area contributed by atoms with Crippen molar-refractivity contribution in [2.75, 3.05) is 12.3 Å². The molecule has 2 unspecified atom stereocenters. The molecule has 0 aromatic rings. The van der Waals surface area contributed by atoms with Crippen molar-refractivity contribution in [3.63, 3.8) is 0 Å². The highest BCUT2D eigenvalue weighted by Crippen LogP contribution is 2.80. The van der Waals surface area contributed by atoms with E-state index in [2.05, 4.69) is 22.2 Å². The van der Waals surface area contributed by atoms with Crippen LogP contribution in [0, 0.1) is 0 Å². The van der Waals surface area contributed by atoms with Crippen LogP contribution in [-0.2, 0) is 27.3 Å². The predicted octanol–water partition coefficient (Wildman–Crippen LogP) is 1.38. The van der Waals surface area contributed by atoms with Gasteiger partial charge in [0.25, 0.3) is 0 Å². The molecule has 0 aromatic carbocycles.